The maximum Gasteiger partial charge on any atom is 0.226 e. The third-order valence-corrected chi connectivity index (χ3v) is 8.30. The van der Waals surface area contributed by atoms with Gasteiger partial charge in [0.2, 0.25) is 5.91 Å². The summed E-state index contributed by atoms with van der Waals surface area (Å²) in [6, 6.07) is 10.5. The molecule has 2 atom stereocenters. The molecule has 3 aliphatic rings. The number of hydrogen-bond donors (Lipinski definition) is 0. The Hall–Kier alpha value is -2.47. The van der Waals surface area contributed by atoms with E-state index >= 15 is 0 Å². The summed E-state index contributed by atoms with van der Waals surface area (Å²) in [6.07, 6.45) is 3.41. The lowest BCUT2D eigenvalue weighted by Crippen LogP contribution is -2.49. The van der Waals surface area contributed by atoms with Gasteiger partial charge in [0.05, 0.1) is 5.39 Å². The number of amides is 1. The van der Waals surface area contributed by atoms with E-state index in [0.29, 0.717) is 17.7 Å². The van der Waals surface area contributed by atoms with E-state index < -0.39 is 0 Å². The van der Waals surface area contributed by atoms with Gasteiger partial charge in [-0.25, -0.2) is 9.97 Å². The van der Waals surface area contributed by atoms with Crippen LogP contribution in [0, 0.1) is 19.8 Å². The molecule has 3 aromatic rings. The minimum atomic E-state index is 0.169. The van der Waals surface area contributed by atoms with Gasteiger partial charge in [0.15, 0.2) is 0 Å². The molecule has 2 saturated carbocycles. The van der Waals surface area contributed by atoms with Crippen molar-refractivity contribution in [1.82, 2.24) is 14.9 Å². The summed E-state index contributed by atoms with van der Waals surface area (Å²) in [4.78, 5) is 30.0. The standard InChI is InChI=1S/C25H28N4OS/c1-15-16(2)31-24-21(15)23(26-22(27-24)18-8-9-18)28-10-12-29(13-11-28)25(30)20-14-19(20)17-6-4-3-5-7-17/h3-7,18-20H,8-14H2,1-2H3/t19-,20?/m0/s1. The number of fused-ring (bicyclic) bond motifs is 1. The Labute approximate surface area is 187 Å². The number of nitrogens with zero attached hydrogens (tertiary/aromatic N) is 4. The van der Waals surface area contributed by atoms with Gasteiger partial charge in [0.25, 0.3) is 0 Å². The van der Waals surface area contributed by atoms with E-state index in [1.165, 1.54) is 34.2 Å². The summed E-state index contributed by atoms with van der Waals surface area (Å²) in [5.74, 6) is 3.56. The molecule has 5 nitrogen and oxygen atoms in total. The van der Waals surface area contributed by atoms with Crippen LogP contribution in [-0.4, -0.2) is 47.0 Å². The van der Waals surface area contributed by atoms with Crippen LogP contribution in [0.2, 0.25) is 0 Å². The Balaban J connectivity index is 1.19. The Kier molecular flexibility index (Phi) is 4.53. The molecule has 1 saturated heterocycles. The van der Waals surface area contributed by atoms with E-state index in [1.807, 2.05) is 6.07 Å². The van der Waals surface area contributed by atoms with Crippen LogP contribution < -0.4 is 4.90 Å². The summed E-state index contributed by atoms with van der Waals surface area (Å²) < 4.78 is 0. The summed E-state index contributed by atoms with van der Waals surface area (Å²) in [5.41, 5.74) is 2.61. The maximum atomic E-state index is 13.1. The molecule has 2 aliphatic carbocycles. The lowest BCUT2D eigenvalue weighted by Gasteiger charge is -2.36. The Morgan fingerprint density at radius 1 is 1.03 bits per heavy atom. The third kappa shape index (κ3) is 3.41. The van der Waals surface area contributed by atoms with Crippen molar-refractivity contribution >= 4 is 33.3 Å². The second kappa shape index (κ2) is 7.30. The molecular weight excluding hydrogens is 404 g/mol. The smallest absolute Gasteiger partial charge is 0.226 e. The van der Waals surface area contributed by atoms with Gasteiger partial charge in [-0.2, -0.15) is 0 Å². The molecule has 1 aliphatic heterocycles. The molecule has 1 amide bonds. The molecule has 6 rings (SSSR count). The van der Waals surface area contributed by atoms with Crippen LogP contribution in [0.15, 0.2) is 30.3 Å². The van der Waals surface area contributed by atoms with Gasteiger partial charge < -0.3 is 9.80 Å². The number of anilines is 1. The van der Waals surface area contributed by atoms with E-state index in [9.17, 15) is 4.79 Å². The fourth-order valence-corrected chi connectivity index (χ4v) is 5.94. The Bertz CT molecular complexity index is 1150. The number of benzene rings is 1. The quantitative estimate of drug-likeness (QED) is 0.603. The van der Waals surface area contributed by atoms with Crippen LogP contribution in [0.5, 0.6) is 0 Å². The average Bonchev–Trinajstić information content (AvgIpc) is 3.72. The van der Waals surface area contributed by atoms with Crippen molar-refractivity contribution in [3.05, 3.63) is 52.2 Å². The first kappa shape index (κ1) is 19.2. The van der Waals surface area contributed by atoms with Crippen molar-refractivity contribution in [2.75, 3.05) is 31.1 Å². The van der Waals surface area contributed by atoms with E-state index in [1.54, 1.807) is 11.3 Å². The number of hydrogen-bond acceptors (Lipinski definition) is 5. The molecule has 0 bridgehead atoms. The molecule has 6 heteroatoms. The van der Waals surface area contributed by atoms with Gasteiger partial charge in [-0.15, -0.1) is 11.3 Å². The van der Waals surface area contributed by atoms with Crippen molar-refractivity contribution < 1.29 is 4.79 Å². The molecule has 3 fully saturated rings. The zero-order valence-electron chi connectivity index (χ0n) is 18.2. The fraction of sp³-hybridized carbons (Fsp3) is 0.480. The Morgan fingerprint density at radius 3 is 2.48 bits per heavy atom. The zero-order chi connectivity index (χ0) is 21.1. The molecule has 3 heterocycles. The summed E-state index contributed by atoms with van der Waals surface area (Å²) in [6.45, 7) is 7.62. The van der Waals surface area contributed by atoms with Crippen LogP contribution in [0.4, 0.5) is 5.82 Å². The maximum absolute atomic E-state index is 13.1. The second-order valence-corrected chi connectivity index (χ2v) is 10.5. The minimum Gasteiger partial charge on any atom is -0.352 e. The van der Waals surface area contributed by atoms with E-state index in [0.717, 1.165) is 49.1 Å². The highest BCUT2D eigenvalue weighted by molar-refractivity contribution is 7.18. The first-order valence-electron chi connectivity index (χ1n) is 11.5. The molecule has 0 spiro atoms. The second-order valence-electron chi connectivity index (χ2n) is 9.31. The predicted octanol–water partition coefficient (Wildman–Crippen LogP) is 4.64. The van der Waals surface area contributed by atoms with Crippen molar-refractivity contribution in [1.29, 1.82) is 0 Å². The molecule has 31 heavy (non-hydrogen) atoms. The van der Waals surface area contributed by atoms with Crippen LogP contribution in [0.25, 0.3) is 10.2 Å². The molecule has 2 aromatic heterocycles. The number of carbonyl (C=O) groups excluding carboxylic acids is 1. The molecule has 160 valence electrons. The van der Waals surface area contributed by atoms with E-state index in [-0.39, 0.29) is 5.92 Å². The van der Waals surface area contributed by atoms with Gasteiger partial charge in [-0.1, -0.05) is 30.3 Å². The molecular formula is C25H28N4OS. The molecule has 0 N–H and O–H groups in total. The SMILES string of the molecule is Cc1sc2nc(C3CC3)nc(N3CCN(C(=O)C4C[C@H]4c4ccccc4)CC3)c2c1C. The highest BCUT2D eigenvalue weighted by Gasteiger charge is 2.46. The number of piperazine rings is 1. The van der Waals surface area contributed by atoms with Crippen molar-refractivity contribution in [3.8, 4) is 0 Å². The summed E-state index contributed by atoms with van der Waals surface area (Å²) in [5, 5.41) is 1.22. The van der Waals surface area contributed by atoms with Crippen molar-refractivity contribution in [2.45, 2.75) is 44.9 Å². The van der Waals surface area contributed by atoms with Crippen molar-refractivity contribution in [2.24, 2.45) is 5.92 Å². The lowest BCUT2D eigenvalue weighted by molar-refractivity contribution is -0.133. The topological polar surface area (TPSA) is 49.3 Å². The third-order valence-electron chi connectivity index (χ3n) is 7.20. The number of aryl methyl sites for hydroxylation is 2. The van der Waals surface area contributed by atoms with Crippen molar-refractivity contribution in [3.63, 3.8) is 0 Å². The van der Waals surface area contributed by atoms with Crippen LogP contribution in [-0.2, 0) is 4.79 Å². The lowest BCUT2D eigenvalue weighted by atomic mass is 10.1. The number of rotatable bonds is 4. The monoisotopic (exact) mass is 432 g/mol. The molecule has 0 radical (unpaired) electrons. The van der Waals surface area contributed by atoms with Gasteiger partial charge in [0, 0.05) is 42.9 Å². The number of carbonyl (C=O) groups is 1. The Morgan fingerprint density at radius 2 is 1.77 bits per heavy atom. The highest BCUT2D eigenvalue weighted by Crippen LogP contribution is 2.48. The average molecular weight is 433 g/mol. The highest BCUT2D eigenvalue weighted by atomic mass is 32.1. The number of thiophene rings is 1. The van der Waals surface area contributed by atoms with Gasteiger partial charge in [0.1, 0.15) is 16.5 Å². The minimum absolute atomic E-state index is 0.169. The van der Waals surface area contributed by atoms with Crippen LogP contribution in [0.3, 0.4) is 0 Å². The molecule has 1 aromatic carbocycles. The van der Waals surface area contributed by atoms with Crippen LogP contribution in [0.1, 0.15) is 52.9 Å². The summed E-state index contributed by atoms with van der Waals surface area (Å²) >= 11 is 1.79. The van der Waals surface area contributed by atoms with E-state index in [2.05, 4.69) is 47.9 Å². The predicted molar refractivity (Wildman–Crippen MR) is 125 cm³/mol. The zero-order valence-corrected chi connectivity index (χ0v) is 19.0. The number of aromatic nitrogens is 2. The van der Waals surface area contributed by atoms with Gasteiger partial charge in [-0.05, 0) is 50.2 Å². The normalized spacial score (nSPS) is 23.4. The van der Waals surface area contributed by atoms with E-state index in [4.69, 9.17) is 9.97 Å². The largest absolute Gasteiger partial charge is 0.352 e. The first-order valence-corrected chi connectivity index (χ1v) is 12.3. The van der Waals surface area contributed by atoms with Gasteiger partial charge >= 0.3 is 0 Å². The first-order chi connectivity index (χ1) is 15.1. The summed E-state index contributed by atoms with van der Waals surface area (Å²) in [7, 11) is 0. The van der Waals surface area contributed by atoms with Gasteiger partial charge in [-0.3, -0.25) is 4.79 Å². The van der Waals surface area contributed by atoms with Crippen LogP contribution >= 0.6 is 11.3 Å². The molecule has 1 unspecified atom stereocenters. The fourth-order valence-electron chi connectivity index (χ4n) is 4.91.